The highest BCUT2D eigenvalue weighted by atomic mass is 32.2. The quantitative estimate of drug-likeness (QED) is 0.348. The summed E-state index contributed by atoms with van der Waals surface area (Å²) in [5.74, 6) is -5.24. The molecule has 2 fully saturated rings. The molecule has 8 nitrogen and oxygen atoms in total. The normalized spacial score (nSPS) is 18.5. The van der Waals surface area contributed by atoms with Crippen molar-refractivity contribution < 1.29 is 27.6 Å². The van der Waals surface area contributed by atoms with Gasteiger partial charge < -0.3 is 5.32 Å². The van der Waals surface area contributed by atoms with E-state index in [0.29, 0.717) is 16.0 Å². The molecule has 12 heteroatoms. The Bertz CT molecular complexity index is 1620. The number of alkyl halides is 2. The van der Waals surface area contributed by atoms with Gasteiger partial charge in [0, 0.05) is 42.1 Å². The highest BCUT2D eigenvalue weighted by Gasteiger charge is 2.48. The molecular weight excluding hydrogens is 579 g/mol. The summed E-state index contributed by atoms with van der Waals surface area (Å²) < 4.78 is 42.3. The number of nitrogens with zero attached hydrogens (tertiary/aromatic N) is 4. The van der Waals surface area contributed by atoms with Crippen LogP contribution >= 0.6 is 11.8 Å². The van der Waals surface area contributed by atoms with Crippen molar-refractivity contribution in [1.82, 2.24) is 10.3 Å². The fraction of sp³-hybridized carbons (Fsp3) is 0.323. The maximum atomic E-state index is 15.0. The second-order valence-electron chi connectivity index (χ2n) is 10.6. The van der Waals surface area contributed by atoms with Crippen molar-refractivity contribution >= 4 is 41.0 Å². The number of aryl methyl sites for hydroxylation is 1. The van der Waals surface area contributed by atoms with Gasteiger partial charge in [-0.3, -0.25) is 24.2 Å². The van der Waals surface area contributed by atoms with Crippen molar-refractivity contribution in [3.63, 3.8) is 0 Å². The van der Waals surface area contributed by atoms with E-state index in [2.05, 4.69) is 10.3 Å². The number of benzene rings is 2. The van der Waals surface area contributed by atoms with Crippen LogP contribution in [0.3, 0.4) is 0 Å². The van der Waals surface area contributed by atoms with Gasteiger partial charge in [0.05, 0.1) is 11.6 Å². The first kappa shape index (κ1) is 30.1. The molecule has 1 saturated heterocycles. The molecule has 2 aromatic carbocycles. The van der Waals surface area contributed by atoms with Crippen molar-refractivity contribution in [2.75, 3.05) is 16.1 Å². The lowest BCUT2D eigenvalue weighted by Crippen LogP contribution is -2.56. The number of halogens is 3. The lowest BCUT2D eigenvalue weighted by molar-refractivity contribution is -0.133. The number of nitrogens with one attached hydrogen (secondary N) is 1. The van der Waals surface area contributed by atoms with Gasteiger partial charge in [0.1, 0.15) is 23.7 Å². The Morgan fingerprint density at radius 3 is 2.60 bits per heavy atom. The molecule has 1 aromatic heterocycles. The van der Waals surface area contributed by atoms with Crippen LogP contribution in [0, 0.1) is 24.1 Å². The van der Waals surface area contributed by atoms with E-state index in [-0.39, 0.29) is 29.9 Å². The van der Waals surface area contributed by atoms with Gasteiger partial charge in [-0.05, 0) is 61.1 Å². The van der Waals surface area contributed by atoms with Crippen LogP contribution in [0.25, 0.3) is 0 Å². The Balaban J connectivity index is 1.64. The van der Waals surface area contributed by atoms with Gasteiger partial charge in [0.25, 0.3) is 11.8 Å². The van der Waals surface area contributed by atoms with E-state index in [1.54, 1.807) is 43.5 Å². The Morgan fingerprint density at radius 1 is 1.19 bits per heavy atom. The molecule has 1 saturated carbocycles. The highest BCUT2D eigenvalue weighted by Crippen LogP contribution is 2.40. The number of rotatable bonds is 8. The zero-order chi connectivity index (χ0) is 30.9. The van der Waals surface area contributed by atoms with E-state index in [9.17, 15) is 32.8 Å². The number of anilines is 2. The second-order valence-corrected chi connectivity index (χ2v) is 11.5. The van der Waals surface area contributed by atoms with Crippen molar-refractivity contribution in [3.05, 3.63) is 83.3 Å². The number of nitriles is 1. The minimum Gasteiger partial charge on any atom is -0.351 e. The Morgan fingerprint density at radius 2 is 1.93 bits per heavy atom. The maximum Gasteiger partial charge on any atom is 0.252 e. The Hall–Kier alpha value is -4.37. The van der Waals surface area contributed by atoms with E-state index in [0.717, 1.165) is 11.0 Å². The van der Waals surface area contributed by atoms with Crippen LogP contribution in [0.1, 0.15) is 48.4 Å². The molecule has 1 aliphatic heterocycles. The first-order valence-electron chi connectivity index (χ1n) is 13.6. The van der Waals surface area contributed by atoms with Crippen LogP contribution in [0.5, 0.6) is 0 Å². The van der Waals surface area contributed by atoms with Crippen molar-refractivity contribution in [2.45, 2.75) is 61.6 Å². The summed E-state index contributed by atoms with van der Waals surface area (Å²) in [6.45, 7) is 1.75. The highest BCUT2D eigenvalue weighted by molar-refractivity contribution is 7.98. The summed E-state index contributed by atoms with van der Waals surface area (Å²) >= 11 is 1.24. The standard InChI is InChI=1S/C31H28F3N5O3S/c1-18-5-3-4-6-24(18)28(29(41)37-21-15-31(33,34)16-21)38(22-12-20(32)13-23(14-22)43-2)30(42)25-7-8-27(40)39(25)26-11-19(17-35)9-10-36-26/h3-6,9-14,21,25,28H,7-8,15-16H2,1-2H3,(H,37,41)/t25-,28?/m0/s1. The predicted molar refractivity (Wildman–Crippen MR) is 155 cm³/mol. The predicted octanol–water partition coefficient (Wildman–Crippen LogP) is 5.31. The molecular formula is C31H28F3N5O3S. The lowest BCUT2D eigenvalue weighted by atomic mass is 9.87. The number of carbonyl (C=O) groups is 3. The van der Waals surface area contributed by atoms with Crippen LogP contribution < -0.4 is 15.1 Å². The molecule has 0 radical (unpaired) electrons. The Labute approximate surface area is 250 Å². The topological polar surface area (TPSA) is 106 Å². The molecule has 1 unspecified atom stereocenters. The summed E-state index contributed by atoms with van der Waals surface area (Å²) in [7, 11) is 0. The number of carbonyl (C=O) groups excluding carboxylic acids is 3. The number of hydrogen-bond donors (Lipinski definition) is 1. The lowest BCUT2D eigenvalue weighted by Gasteiger charge is -2.39. The molecule has 1 aliphatic carbocycles. The van der Waals surface area contributed by atoms with Crippen LogP contribution in [-0.4, -0.2) is 47.0 Å². The molecule has 0 bridgehead atoms. The maximum absolute atomic E-state index is 15.0. The molecule has 2 aliphatic rings. The van der Waals surface area contributed by atoms with Crippen LogP contribution in [0.15, 0.2) is 65.7 Å². The number of aromatic nitrogens is 1. The van der Waals surface area contributed by atoms with Crippen molar-refractivity contribution in [2.24, 2.45) is 0 Å². The molecule has 2 atom stereocenters. The Kier molecular flexibility index (Phi) is 8.46. The van der Waals surface area contributed by atoms with Crippen molar-refractivity contribution in [3.8, 4) is 6.07 Å². The van der Waals surface area contributed by atoms with Gasteiger partial charge in [-0.15, -0.1) is 11.8 Å². The third-order valence-corrected chi connectivity index (χ3v) is 8.36. The zero-order valence-electron chi connectivity index (χ0n) is 23.4. The summed E-state index contributed by atoms with van der Waals surface area (Å²) in [4.78, 5) is 48.8. The third-order valence-electron chi connectivity index (χ3n) is 7.65. The van der Waals surface area contributed by atoms with Gasteiger partial charge in [-0.25, -0.2) is 18.2 Å². The van der Waals surface area contributed by atoms with Gasteiger partial charge in [0.2, 0.25) is 11.8 Å². The van der Waals surface area contributed by atoms with Crippen LogP contribution in [0.4, 0.5) is 24.7 Å². The van der Waals surface area contributed by atoms with Gasteiger partial charge in [0.15, 0.2) is 0 Å². The fourth-order valence-electron chi connectivity index (χ4n) is 5.53. The smallest absolute Gasteiger partial charge is 0.252 e. The van der Waals surface area contributed by atoms with Gasteiger partial charge in [-0.2, -0.15) is 5.26 Å². The largest absolute Gasteiger partial charge is 0.351 e. The molecule has 2 heterocycles. The fourth-order valence-corrected chi connectivity index (χ4v) is 6.00. The van der Waals surface area contributed by atoms with Gasteiger partial charge >= 0.3 is 0 Å². The minimum absolute atomic E-state index is 0.000303. The molecule has 3 amide bonds. The van der Waals surface area contributed by atoms with Crippen molar-refractivity contribution in [1.29, 1.82) is 5.26 Å². The average Bonchev–Trinajstić information content (AvgIpc) is 3.35. The summed E-state index contributed by atoms with van der Waals surface area (Å²) in [5.41, 5.74) is 1.35. The van der Waals surface area contributed by atoms with Crippen LogP contribution in [0.2, 0.25) is 0 Å². The average molecular weight is 608 g/mol. The van der Waals surface area contributed by atoms with E-state index < -0.39 is 60.4 Å². The SMILES string of the molecule is CSc1cc(F)cc(N(C(=O)[C@@H]2CCC(=O)N2c2cc(C#N)ccn2)C(C(=O)NC2CC(F)(F)C2)c2ccccc2C)c1. The number of thioether (sulfide) groups is 1. The summed E-state index contributed by atoms with van der Waals surface area (Å²) in [6, 6.07) is 12.4. The molecule has 1 N–H and O–H groups in total. The number of amides is 3. The molecule has 222 valence electrons. The van der Waals surface area contributed by atoms with Crippen LogP contribution in [-0.2, 0) is 14.4 Å². The third kappa shape index (κ3) is 6.22. The zero-order valence-corrected chi connectivity index (χ0v) is 24.2. The summed E-state index contributed by atoms with van der Waals surface area (Å²) in [5, 5.41) is 12.1. The first-order valence-corrected chi connectivity index (χ1v) is 14.8. The number of hydrogen-bond acceptors (Lipinski definition) is 6. The van der Waals surface area contributed by atoms with E-state index in [1.807, 2.05) is 6.07 Å². The molecule has 0 spiro atoms. The van der Waals surface area contributed by atoms with E-state index in [4.69, 9.17) is 0 Å². The second kappa shape index (κ2) is 12.1. The number of pyridine rings is 1. The van der Waals surface area contributed by atoms with E-state index in [1.165, 1.54) is 41.1 Å². The summed E-state index contributed by atoms with van der Waals surface area (Å²) in [6.07, 6.45) is 2.10. The van der Waals surface area contributed by atoms with E-state index >= 15 is 0 Å². The molecule has 5 rings (SSSR count). The van der Waals surface area contributed by atoms with Gasteiger partial charge in [-0.1, -0.05) is 24.3 Å². The molecule has 43 heavy (non-hydrogen) atoms. The first-order chi connectivity index (χ1) is 20.5. The monoisotopic (exact) mass is 607 g/mol. The molecule has 3 aromatic rings. The minimum atomic E-state index is -2.89.